The second-order valence-electron chi connectivity index (χ2n) is 3.59. The Morgan fingerprint density at radius 1 is 1.59 bits per heavy atom. The molecule has 5 nitrogen and oxygen atoms in total. The molecule has 1 atom stereocenters. The van der Waals surface area contributed by atoms with Crippen molar-refractivity contribution in [2.75, 3.05) is 7.11 Å². The molecule has 96 valence electrons. The molecule has 1 unspecified atom stereocenters. The van der Waals surface area contributed by atoms with Gasteiger partial charge in [-0.1, -0.05) is 6.92 Å². The smallest absolute Gasteiger partial charge is 0.246 e. The van der Waals surface area contributed by atoms with Crippen LogP contribution >= 0.6 is 15.9 Å². The van der Waals surface area contributed by atoms with Crippen LogP contribution in [0.1, 0.15) is 20.3 Å². The number of pyridine rings is 1. The lowest BCUT2D eigenvalue weighted by molar-refractivity contribution is 0.384. The number of nitrogens with zero attached hydrogens (tertiary/aromatic N) is 1. The molecule has 1 N–H and O–H groups in total. The summed E-state index contributed by atoms with van der Waals surface area (Å²) < 4.78 is 32.3. The van der Waals surface area contributed by atoms with E-state index in [0.717, 1.165) is 0 Å². The predicted molar refractivity (Wildman–Crippen MR) is 68.6 cm³/mol. The molecule has 0 saturated heterocycles. The Morgan fingerprint density at radius 2 is 2.24 bits per heavy atom. The molecule has 0 fully saturated rings. The van der Waals surface area contributed by atoms with Gasteiger partial charge in [0.25, 0.3) is 0 Å². The van der Waals surface area contributed by atoms with Crippen LogP contribution in [0.3, 0.4) is 0 Å². The number of ether oxygens (including phenoxy) is 1. The molecule has 0 saturated carbocycles. The van der Waals surface area contributed by atoms with Gasteiger partial charge in [-0.05, 0) is 35.3 Å². The first kappa shape index (κ1) is 14.4. The van der Waals surface area contributed by atoms with E-state index < -0.39 is 10.0 Å². The topological polar surface area (TPSA) is 68.3 Å². The Hall–Kier alpha value is -0.660. The zero-order chi connectivity index (χ0) is 13.1. The number of hydrogen-bond donors (Lipinski definition) is 1. The molecule has 0 aliphatic heterocycles. The van der Waals surface area contributed by atoms with Gasteiger partial charge in [-0.15, -0.1) is 0 Å². The maximum absolute atomic E-state index is 12.1. The van der Waals surface area contributed by atoms with Gasteiger partial charge in [0.1, 0.15) is 4.90 Å². The molecule has 0 aliphatic rings. The summed E-state index contributed by atoms with van der Waals surface area (Å²) in [5.74, 6) is 0.0870. The number of rotatable bonds is 5. The average molecular weight is 323 g/mol. The van der Waals surface area contributed by atoms with Gasteiger partial charge in [0.2, 0.25) is 15.9 Å². The number of nitrogens with one attached hydrogen (secondary N) is 1. The average Bonchev–Trinajstić information content (AvgIpc) is 2.28. The van der Waals surface area contributed by atoms with Crippen LogP contribution in [0.25, 0.3) is 0 Å². The maximum atomic E-state index is 12.1. The van der Waals surface area contributed by atoms with Crippen LogP contribution in [-0.4, -0.2) is 26.6 Å². The molecular weight excluding hydrogens is 308 g/mol. The number of methoxy groups -OCH3 is 1. The predicted octanol–water partition coefficient (Wildman–Crippen LogP) is 1.93. The highest BCUT2D eigenvalue weighted by molar-refractivity contribution is 9.10. The van der Waals surface area contributed by atoms with Crippen LogP contribution in [0.15, 0.2) is 21.6 Å². The monoisotopic (exact) mass is 322 g/mol. The lowest BCUT2D eigenvalue weighted by atomic mass is 10.3. The molecule has 1 aromatic rings. The highest BCUT2D eigenvalue weighted by atomic mass is 79.9. The van der Waals surface area contributed by atoms with Crippen molar-refractivity contribution in [1.29, 1.82) is 0 Å². The van der Waals surface area contributed by atoms with Crippen molar-refractivity contribution in [1.82, 2.24) is 9.71 Å². The van der Waals surface area contributed by atoms with Crippen molar-refractivity contribution in [3.63, 3.8) is 0 Å². The largest absolute Gasteiger partial charge is 0.480 e. The lowest BCUT2D eigenvalue weighted by Crippen LogP contribution is -2.32. The Bertz CT molecular complexity index is 490. The van der Waals surface area contributed by atoms with Crippen LogP contribution < -0.4 is 9.46 Å². The highest BCUT2D eigenvalue weighted by Gasteiger charge is 2.22. The van der Waals surface area contributed by atoms with E-state index in [9.17, 15) is 8.42 Å². The zero-order valence-corrected chi connectivity index (χ0v) is 12.3. The molecule has 0 amide bonds. The molecule has 0 bridgehead atoms. The van der Waals surface area contributed by atoms with Gasteiger partial charge in [0.15, 0.2) is 0 Å². The van der Waals surface area contributed by atoms with Crippen molar-refractivity contribution >= 4 is 26.0 Å². The van der Waals surface area contributed by atoms with Crippen LogP contribution in [0.5, 0.6) is 5.88 Å². The fourth-order valence-corrected chi connectivity index (χ4v) is 3.12. The third kappa shape index (κ3) is 3.65. The summed E-state index contributed by atoms with van der Waals surface area (Å²) in [6.07, 6.45) is 2.20. The number of aromatic nitrogens is 1. The van der Waals surface area contributed by atoms with Crippen LogP contribution in [-0.2, 0) is 10.0 Å². The summed E-state index contributed by atoms with van der Waals surface area (Å²) in [5, 5.41) is 0. The maximum Gasteiger partial charge on any atom is 0.246 e. The van der Waals surface area contributed by atoms with Crippen molar-refractivity contribution < 1.29 is 13.2 Å². The summed E-state index contributed by atoms with van der Waals surface area (Å²) in [5.41, 5.74) is 0. The van der Waals surface area contributed by atoms with E-state index in [4.69, 9.17) is 4.74 Å². The Labute approximate surface area is 110 Å². The minimum absolute atomic E-state index is 0.0367. The summed E-state index contributed by atoms with van der Waals surface area (Å²) >= 11 is 3.19. The Morgan fingerprint density at radius 3 is 2.76 bits per heavy atom. The molecule has 1 aromatic heterocycles. The van der Waals surface area contributed by atoms with Gasteiger partial charge >= 0.3 is 0 Å². The van der Waals surface area contributed by atoms with Crippen molar-refractivity contribution in [2.24, 2.45) is 0 Å². The minimum atomic E-state index is -3.60. The summed E-state index contributed by atoms with van der Waals surface area (Å²) in [6, 6.07) is 1.33. The number of sulfonamides is 1. The van der Waals surface area contributed by atoms with Gasteiger partial charge in [-0.2, -0.15) is 0 Å². The first-order valence-corrected chi connectivity index (χ1v) is 7.40. The minimum Gasteiger partial charge on any atom is -0.480 e. The first-order valence-electron chi connectivity index (χ1n) is 5.12. The highest BCUT2D eigenvalue weighted by Crippen LogP contribution is 2.24. The van der Waals surface area contributed by atoms with Gasteiger partial charge in [-0.3, -0.25) is 0 Å². The molecule has 1 heterocycles. The quantitative estimate of drug-likeness (QED) is 0.899. The van der Waals surface area contributed by atoms with Crippen LogP contribution in [0.4, 0.5) is 0 Å². The van der Waals surface area contributed by atoms with E-state index in [1.165, 1.54) is 19.4 Å². The van der Waals surface area contributed by atoms with Gasteiger partial charge in [0, 0.05) is 16.7 Å². The van der Waals surface area contributed by atoms with E-state index in [-0.39, 0.29) is 16.8 Å². The summed E-state index contributed by atoms with van der Waals surface area (Å²) in [6.45, 7) is 3.71. The fraction of sp³-hybridized carbons (Fsp3) is 0.500. The van der Waals surface area contributed by atoms with E-state index in [2.05, 4.69) is 25.6 Å². The summed E-state index contributed by atoms with van der Waals surface area (Å²) in [7, 11) is -2.22. The lowest BCUT2D eigenvalue weighted by Gasteiger charge is -2.13. The second kappa shape index (κ2) is 5.79. The van der Waals surface area contributed by atoms with Crippen molar-refractivity contribution in [3.8, 4) is 5.88 Å². The normalized spacial score (nSPS) is 13.4. The van der Waals surface area contributed by atoms with E-state index in [1.807, 2.05) is 6.92 Å². The first-order chi connectivity index (χ1) is 7.90. The third-order valence-corrected chi connectivity index (χ3v) is 4.25. The van der Waals surface area contributed by atoms with E-state index in [1.54, 1.807) is 6.92 Å². The van der Waals surface area contributed by atoms with Crippen molar-refractivity contribution in [2.45, 2.75) is 31.2 Å². The van der Waals surface area contributed by atoms with E-state index in [0.29, 0.717) is 10.9 Å². The Kier molecular flexibility index (Phi) is 4.91. The number of hydrogen-bond acceptors (Lipinski definition) is 4. The Balaban J connectivity index is 3.18. The number of halogens is 1. The van der Waals surface area contributed by atoms with Crippen LogP contribution in [0.2, 0.25) is 0 Å². The molecule has 0 radical (unpaired) electrons. The van der Waals surface area contributed by atoms with Crippen molar-refractivity contribution in [3.05, 3.63) is 16.7 Å². The zero-order valence-electron chi connectivity index (χ0n) is 9.90. The molecule has 0 aliphatic carbocycles. The molecular formula is C10H15BrN2O3S. The second-order valence-corrected chi connectivity index (χ2v) is 6.19. The standard InChI is InChI=1S/C10H15BrN2O3S/c1-4-7(2)13-17(14,15)9-5-8(11)6-12-10(9)16-3/h5-7,13H,4H2,1-3H3. The molecule has 17 heavy (non-hydrogen) atoms. The van der Waals surface area contributed by atoms with Gasteiger partial charge in [0.05, 0.1) is 7.11 Å². The third-order valence-electron chi connectivity index (χ3n) is 2.24. The van der Waals surface area contributed by atoms with Gasteiger partial charge in [-0.25, -0.2) is 18.1 Å². The molecule has 7 heteroatoms. The molecule has 0 aromatic carbocycles. The van der Waals surface area contributed by atoms with E-state index >= 15 is 0 Å². The summed E-state index contributed by atoms with van der Waals surface area (Å²) in [4.78, 5) is 3.94. The van der Waals surface area contributed by atoms with Crippen LogP contribution in [0, 0.1) is 0 Å². The SMILES string of the molecule is CCC(C)NS(=O)(=O)c1cc(Br)cnc1OC. The molecule has 1 rings (SSSR count). The molecule has 0 spiro atoms. The van der Waals surface area contributed by atoms with Gasteiger partial charge < -0.3 is 4.74 Å². The fourth-order valence-electron chi connectivity index (χ4n) is 1.17.